The summed E-state index contributed by atoms with van der Waals surface area (Å²) in [6, 6.07) is 1.05. The molecule has 2 rings (SSSR count). The Kier molecular flexibility index (Phi) is 5.29. The fourth-order valence-corrected chi connectivity index (χ4v) is 3.89. The summed E-state index contributed by atoms with van der Waals surface area (Å²) in [7, 11) is -3.98. The first kappa shape index (κ1) is 16.7. The number of anilines is 1. The highest BCUT2D eigenvalue weighted by molar-refractivity contribution is 9.10. The molecule has 0 saturated carbocycles. The summed E-state index contributed by atoms with van der Waals surface area (Å²) in [5.41, 5.74) is 6.41. The van der Waals surface area contributed by atoms with Crippen LogP contribution in [0.25, 0.3) is 0 Å². The van der Waals surface area contributed by atoms with Gasteiger partial charge in [-0.25, -0.2) is 17.5 Å². The molecule has 0 atom stereocenters. The van der Waals surface area contributed by atoms with Crippen LogP contribution in [0.5, 0.6) is 0 Å². The van der Waals surface area contributed by atoms with Crippen LogP contribution in [-0.2, 0) is 10.0 Å². The van der Waals surface area contributed by atoms with E-state index in [-0.39, 0.29) is 21.7 Å². The summed E-state index contributed by atoms with van der Waals surface area (Å²) >= 11 is 8.85. The normalized spacial score (nSPS) is 15.3. The monoisotopic (exact) mass is 396 g/mol. The molecule has 1 aromatic rings. The van der Waals surface area contributed by atoms with Crippen molar-refractivity contribution >= 4 is 43.2 Å². The van der Waals surface area contributed by atoms with Gasteiger partial charge in [0.15, 0.2) is 5.82 Å². The number of nitrogens with one attached hydrogen (secondary N) is 1. The van der Waals surface area contributed by atoms with Crippen molar-refractivity contribution in [2.45, 2.75) is 30.6 Å². The van der Waals surface area contributed by atoms with Crippen molar-refractivity contribution in [2.75, 3.05) is 12.3 Å². The highest BCUT2D eigenvalue weighted by Crippen LogP contribution is 2.34. The van der Waals surface area contributed by atoms with E-state index in [2.05, 4.69) is 26.7 Å². The molecule has 1 aromatic carbocycles. The van der Waals surface area contributed by atoms with Gasteiger partial charge in [0.25, 0.3) is 0 Å². The standard InChI is InChI=1S/C13H15BrClFN2O2S/c14-11-9(15)7-10(12(16)13(11)17)21(19,20)18-6-5-8-3-1-2-4-8/h3,7,18H,1-2,4-6,17H2. The molecule has 3 N–H and O–H groups in total. The van der Waals surface area contributed by atoms with E-state index in [1.807, 2.05) is 0 Å². The fourth-order valence-electron chi connectivity index (χ4n) is 2.18. The van der Waals surface area contributed by atoms with Crippen molar-refractivity contribution in [1.29, 1.82) is 0 Å². The van der Waals surface area contributed by atoms with E-state index in [4.69, 9.17) is 17.3 Å². The quantitative estimate of drug-likeness (QED) is 0.453. The largest absolute Gasteiger partial charge is 0.395 e. The maximum Gasteiger partial charge on any atom is 0.243 e. The van der Waals surface area contributed by atoms with E-state index in [1.165, 1.54) is 5.57 Å². The van der Waals surface area contributed by atoms with Crippen molar-refractivity contribution < 1.29 is 12.8 Å². The second kappa shape index (κ2) is 6.64. The molecule has 0 unspecified atom stereocenters. The molecule has 0 aromatic heterocycles. The van der Waals surface area contributed by atoms with Gasteiger partial charge in [-0.3, -0.25) is 0 Å². The molecule has 0 saturated heterocycles. The van der Waals surface area contributed by atoms with Crippen LogP contribution < -0.4 is 10.5 Å². The van der Waals surface area contributed by atoms with E-state index in [0.717, 1.165) is 25.3 Å². The Labute approximate surface area is 136 Å². The molecule has 0 spiro atoms. The van der Waals surface area contributed by atoms with E-state index < -0.39 is 20.7 Å². The van der Waals surface area contributed by atoms with E-state index >= 15 is 0 Å². The molecule has 0 aliphatic heterocycles. The lowest BCUT2D eigenvalue weighted by molar-refractivity contribution is 0.558. The molecule has 1 aliphatic carbocycles. The van der Waals surface area contributed by atoms with Crippen LogP contribution in [0.1, 0.15) is 25.7 Å². The summed E-state index contributed by atoms with van der Waals surface area (Å²) in [5.74, 6) is -1.00. The number of sulfonamides is 1. The highest BCUT2D eigenvalue weighted by atomic mass is 79.9. The number of hydrogen-bond acceptors (Lipinski definition) is 3. The van der Waals surface area contributed by atoms with E-state index in [1.54, 1.807) is 0 Å². The summed E-state index contributed by atoms with van der Waals surface area (Å²) < 4.78 is 40.8. The molecule has 1 aliphatic rings. The van der Waals surface area contributed by atoms with Crippen LogP contribution in [0.4, 0.5) is 10.1 Å². The van der Waals surface area contributed by atoms with Gasteiger partial charge in [-0.15, -0.1) is 0 Å². The molecule has 0 heterocycles. The molecule has 0 amide bonds. The number of benzene rings is 1. The third kappa shape index (κ3) is 3.77. The number of nitrogen functional groups attached to an aromatic ring is 1. The topological polar surface area (TPSA) is 72.2 Å². The average Bonchev–Trinajstić information content (AvgIpc) is 2.93. The van der Waals surface area contributed by atoms with Crippen molar-refractivity contribution in [3.8, 4) is 0 Å². The van der Waals surface area contributed by atoms with Gasteiger partial charge in [-0.05, 0) is 47.7 Å². The van der Waals surface area contributed by atoms with Gasteiger partial charge in [0, 0.05) is 6.54 Å². The van der Waals surface area contributed by atoms with Gasteiger partial charge in [0.2, 0.25) is 10.0 Å². The Balaban J connectivity index is 2.16. The van der Waals surface area contributed by atoms with Crippen molar-refractivity contribution in [2.24, 2.45) is 0 Å². The Morgan fingerprint density at radius 1 is 1.48 bits per heavy atom. The van der Waals surface area contributed by atoms with Crippen LogP contribution in [0.3, 0.4) is 0 Å². The number of hydrogen-bond donors (Lipinski definition) is 2. The zero-order chi connectivity index (χ0) is 15.6. The first-order valence-corrected chi connectivity index (χ1v) is 9.09. The Hall–Kier alpha value is -0.630. The second-order valence-electron chi connectivity index (χ2n) is 4.80. The lowest BCUT2D eigenvalue weighted by Crippen LogP contribution is -2.26. The third-order valence-corrected chi connectivity index (χ3v) is 6.16. The van der Waals surface area contributed by atoms with Crippen LogP contribution in [0.2, 0.25) is 5.02 Å². The molecular formula is C13H15BrClFN2O2S. The smallest absolute Gasteiger partial charge is 0.243 e. The second-order valence-corrected chi connectivity index (χ2v) is 7.74. The average molecular weight is 398 g/mol. The molecule has 4 nitrogen and oxygen atoms in total. The minimum atomic E-state index is -3.98. The zero-order valence-electron chi connectivity index (χ0n) is 11.1. The lowest BCUT2D eigenvalue weighted by Gasteiger charge is -2.11. The zero-order valence-corrected chi connectivity index (χ0v) is 14.3. The maximum absolute atomic E-state index is 14.0. The Bertz CT molecular complexity index is 692. The first-order chi connectivity index (χ1) is 9.83. The molecule has 8 heteroatoms. The Morgan fingerprint density at radius 2 is 2.19 bits per heavy atom. The van der Waals surface area contributed by atoms with Crippen LogP contribution in [0, 0.1) is 5.82 Å². The maximum atomic E-state index is 14.0. The van der Waals surface area contributed by atoms with Crippen molar-refractivity contribution in [1.82, 2.24) is 4.72 Å². The van der Waals surface area contributed by atoms with Gasteiger partial charge >= 0.3 is 0 Å². The van der Waals surface area contributed by atoms with Gasteiger partial charge in [0.1, 0.15) is 4.90 Å². The predicted octanol–water partition coefficient (Wildman–Crippen LogP) is 3.60. The summed E-state index contributed by atoms with van der Waals surface area (Å²) in [6.45, 7) is 0.223. The van der Waals surface area contributed by atoms with Gasteiger partial charge in [0.05, 0.1) is 15.2 Å². The number of allylic oxidation sites excluding steroid dienone is 1. The third-order valence-electron chi connectivity index (χ3n) is 3.32. The van der Waals surface area contributed by atoms with Crippen molar-refractivity contribution in [3.05, 3.63) is 33.0 Å². The first-order valence-electron chi connectivity index (χ1n) is 6.43. The molecular weight excluding hydrogens is 383 g/mol. The SMILES string of the molecule is Nc1c(F)c(S(=O)(=O)NCCC2=CCCC2)cc(Cl)c1Br. The minimum Gasteiger partial charge on any atom is -0.395 e. The number of nitrogens with two attached hydrogens (primary N) is 1. The van der Waals surface area contributed by atoms with Gasteiger partial charge < -0.3 is 5.73 Å². The molecule has 0 radical (unpaired) electrons. The predicted molar refractivity (Wildman–Crippen MR) is 85.3 cm³/mol. The van der Waals surface area contributed by atoms with E-state index in [9.17, 15) is 12.8 Å². The van der Waals surface area contributed by atoms with Crippen LogP contribution in [-0.4, -0.2) is 15.0 Å². The fraction of sp³-hybridized carbons (Fsp3) is 0.385. The molecule has 0 bridgehead atoms. The summed E-state index contributed by atoms with van der Waals surface area (Å²) in [6.07, 6.45) is 5.88. The molecule has 21 heavy (non-hydrogen) atoms. The highest BCUT2D eigenvalue weighted by Gasteiger charge is 2.24. The van der Waals surface area contributed by atoms with E-state index in [0.29, 0.717) is 6.42 Å². The molecule has 0 fully saturated rings. The van der Waals surface area contributed by atoms with Crippen LogP contribution >= 0.6 is 27.5 Å². The van der Waals surface area contributed by atoms with Gasteiger partial charge in [-0.2, -0.15) is 0 Å². The lowest BCUT2D eigenvalue weighted by atomic mass is 10.2. The summed E-state index contributed by atoms with van der Waals surface area (Å²) in [4.78, 5) is -0.534. The van der Waals surface area contributed by atoms with Crippen LogP contribution in [0.15, 0.2) is 27.1 Å². The Morgan fingerprint density at radius 3 is 2.81 bits per heavy atom. The molecule has 116 valence electrons. The van der Waals surface area contributed by atoms with Gasteiger partial charge in [-0.1, -0.05) is 23.3 Å². The minimum absolute atomic E-state index is 0.0489. The summed E-state index contributed by atoms with van der Waals surface area (Å²) in [5, 5.41) is 0.0489. The van der Waals surface area contributed by atoms with Crippen molar-refractivity contribution in [3.63, 3.8) is 0 Å². The number of halogens is 3. The number of rotatable bonds is 5.